The van der Waals surface area contributed by atoms with Crippen molar-refractivity contribution >= 4 is 5.97 Å². The van der Waals surface area contributed by atoms with E-state index in [1.807, 2.05) is 30.3 Å². The second kappa shape index (κ2) is 4.61. The lowest BCUT2D eigenvalue weighted by molar-refractivity contribution is -0.157. The quantitative estimate of drug-likeness (QED) is 0.788. The second-order valence-corrected chi connectivity index (χ2v) is 3.95. The van der Waals surface area contributed by atoms with Crippen molar-refractivity contribution in [1.82, 2.24) is 5.32 Å². The van der Waals surface area contributed by atoms with E-state index in [2.05, 4.69) is 5.32 Å². The Kier molecular flexibility index (Phi) is 3.19. The van der Waals surface area contributed by atoms with Gasteiger partial charge >= 0.3 is 5.97 Å². The Morgan fingerprint density at radius 1 is 1.44 bits per heavy atom. The Hall–Kier alpha value is -1.42. The van der Waals surface area contributed by atoms with Gasteiger partial charge in [-0.2, -0.15) is 0 Å². The molecule has 4 heteroatoms. The van der Waals surface area contributed by atoms with Crippen molar-refractivity contribution in [3.05, 3.63) is 35.9 Å². The molecule has 1 aliphatic rings. The minimum atomic E-state index is -1.84. The SMILES string of the molecule is O=C(OCc1ccccc1)C1(F)CCNC1. The summed E-state index contributed by atoms with van der Waals surface area (Å²) in [7, 11) is 0. The first kappa shape index (κ1) is 11.1. The molecule has 1 heterocycles. The number of esters is 1. The number of carbonyl (C=O) groups is 1. The maximum Gasteiger partial charge on any atom is 0.345 e. The van der Waals surface area contributed by atoms with Crippen molar-refractivity contribution in [3.63, 3.8) is 0 Å². The van der Waals surface area contributed by atoms with Gasteiger partial charge in [-0.05, 0) is 12.1 Å². The van der Waals surface area contributed by atoms with Gasteiger partial charge in [0.2, 0.25) is 5.67 Å². The number of nitrogens with one attached hydrogen (secondary N) is 1. The van der Waals surface area contributed by atoms with Crippen LogP contribution in [0.15, 0.2) is 30.3 Å². The molecule has 3 nitrogen and oxygen atoms in total. The molecule has 0 amide bonds. The molecule has 1 aliphatic heterocycles. The fraction of sp³-hybridized carbons (Fsp3) is 0.417. The van der Waals surface area contributed by atoms with E-state index in [1.54, 1.807) is 0 Å². The third kappa shape index (κ3) is 2.39. The average Bonchev–Trinajstić information content (AvgIpc) is 2.76. The molecular weight excluding hydrogens is 209 g/mol. The van der Waals surface area contributed by atoms with Crippen LogP contribution in [-0.2, 0) is 16.1 Å². The molecule has 0 saturated carbocycles. The molecule has 0 spiro atoms. The van der Waals surface area contributed by atoms with Crippen LogP contribution >= 0.6 is 0 Å². The minimum Gasteiger partial charge on any atom is -0.458 e. The average molecular weight is 223 g/mol. The summed E-state index contributed by atoms with van der Waals surface area (Å²) in [4.78, 5) is 11.5. The van der Waals surface area contributed by atoms with Crippen molar-refractivity contribution in [3.8, 4) is 0 Å². The molecule has 86 valence electrons. The van der Waals surface area contributed by atoms with Crippen LogP contribution in [0.25, 0.3) is 0 Å². The molecule has 1 unspecified atom stereocenters. The summed E-state index contributed by atoms with van der Waals surface area (Å²) in [5, 5.41) is 2.82. The molecule has 0 aliphatic carbocycles. The van der Waals surface area contributed by atoms with Gasteiger partial charge in [0.1, 0.15) is 6.61 Å². The Labute approximate surface area is 93.6 Å². The monoisotopic (exact) mass is 223 g/mol. The van der Waals surface area contributed by atoms with E-state index < -0.39 is 11.6 Å². The number of halogens is 1. The Bertz CT molecular complexity index is 361. The third-order valence-electron chi connectivity index (χ3n) is 2.68. The molecule has 1 atom stereocenters. The molecule has 1 saturated heterocycles. The van der Waals surface area contributed by atoms with Crippen LogP contribution in [0.4, 0.5) is 4.39 Å². The number of ether oxygens (including phenoxy) is 1. The zero-order valence-electron chi connectivity index (χ0n) is 8.91. The van der Waals surface area contributed by atoms with Gasteiger partial charge in [0.05, 0.1) is 0 Å². The van der Waals surface area contributed by atoms with E-state index in [0.29, 0.717) is 6.54 Å². The van der Waals surface area contributed by atoms with Crippen molar-refractivity contribution in [2.24, 2.45) is 0 Å². The van der Waals surface area contributed by atoms with E-state index >= 15 is 0 Å². The van der Waals surface area contributed by atoms with Crippen molar-refractivity contribution in [1.29, 1.82) is 0 Å². The molecule has 1 N–H and O–H groups in total. The molecule has 0 radical (unpaired) electrons. The highest BCUT2D eigenvalue weighted by molar-refractivity contribution is 5.80. The maximum absolute atomic E-state index is 13.9. The van der Waals surface area contributed by atoms with Gasteiger partial charge in [-0.1, -0.05) is 30.3 Å². The van der Waals surface area contributed by atoms with E-state index in [0.717, 1.165) is 5.56 Å². The normalized spacial score (nSPS) is 24.3. The number of rotatable bonds is 3. The highest BCUT2D eigenvalue weighted by Gasteiger charge is 2.43. The molecule has 0 bridgehead atoms. The van der Waals surface area contributed by atoms with Gasteiger partial charge < -0.3 is 10.1 Å². The van der Waals surface area contributed by atoms with Crippen LogP contribution in [0.5, 0.6) is 0 Å². The highest BCUT2D eigenvalue weighted by Crippen LogP contribution is 2.21. The molecular formula is C12H14FNO2. The van der Waals surface area contributed by atoms with Crippen LogP contribution in [0.1, 0.15) is 12.0 Å². The third-order valence-corrected chi connectivity index (χ3v) is 2.68. The van der Waals surface area contributed by atoms with Crippen LogP contribution in [0.2, 0.25) is 0 Å². The molecule has 2 rings (SSSR count). The summed E-state index contributed by atoms with van der Waals surface area (Å²) >= 11 is 0. The number of carbonyl (C=O) groups excluding carboxylic acids is 1. The summed E-state index contributed by atoms with van der Waals surface area (Å²) in [5.74, 6) is -0.763. The summed E-state index contributed by atoms with van der Waals surface area (Å²) in [6.45, 7) is 0.711. The smallest absolute Gasteiger partial charge is 0.345 e. The topological polar surface area (TPSA) is 38.3 Å². The van der Waals surface area contributed by atoms with Gasteiger partial charge in [-0.25, -0.2) is 9.18 Å². The van der Waals surface area contributed by atoms with E-state index in [1.165, 1.54) is 0 Å². The van der Waals surface area contributed by atoms with Crippen molar-refractivity contribution in [2.75, 3.05) is 13.1 Å². The standard InChI is InChI=1S/C12H14FNO2/c13-12(6-7-14-9-12)11(15)16-8-10-4-2-1-3-5-10/h1-5,14H,6-9H2. The molecule has 1 aromatic rings. The predicted octanol–water partition coefficient (Wildman–Crippen LogP) is 1.43. The minimum absolute atomic E-state index is 0.0562. The van der Waals surface area contributed by atoms with Gasteiger partial charge in [0, 0.05) is 13.0 Å². The highest BCUT2D eigenvalue weighted by atomic mass is 19.1. The maximum atomic E-state index is 13.9. The number of hydrogen-bond acceptors (Lipinski definition) is 3. The largest absolute Gasteiger partial charge is 0.458 e. The van der Waals surface area contributed by atoms with E-state index in [-0.39, 0.29) is 19.6 Å². The lowest BCUT2D eigenvalue weighted by Gasteiger charge is -2.16. The molecule has 1 fully saturated rings. The number of hydrogen-bond donors (Lipinski definition) is 1. The Morgan fingerprint density at radius 3 is 2.81 bits per heavy atom. The molecule has 0 aromatic heterocycles. The fourth-order valence-corrected chi connectivity index (χ4v) is 1.69. The summed E-state index contributed by atoms with van der Waals surface area (Å²) in [6.07, 6.45) is 0.195. The van der Waals surface area contributed by atoms with Crippen LogP contribution in [0.3, 0.4) is 0 Å². The van der Waals surface area contributed by atoms with Gasteiger partial charge in [0.15, 0.2) is 0 Å². The zero-order valence-corrected chi connectivity index (χ0v) is 8.91. The summed E-state index contributed by atoms with van der Waals surface area (Å²) in [5.41, 5.74) is -0.972. The Balaban J connectivity index is 1.89. The molecule has 16 heavy (non-hydrogen) atoms. The summed E-state index contributed by atoms with van der Waals surface area (Å²) < 4.78 is 18.8. The van der Waals surface area contributed by atoms with Gasteiger partial charge in [0.25, 0.3) is 0 Å². The number of benzene rings is 1. The summed E-state index contributed by atoms with van der Waals surface area (Å²) in [6, 6.07) is 9.26. The van der Waals surface area contributed by atoms with Gasteiger partial charge in [-0.15, -0.1) is 0 Å². The van der Waals surface area contributed by atoms with Gasteiger partial charge in [-0.3, -0.25) is 0 Å². The Morgan fingerprint density at radius 2 is 2.19 bits per heavy atom. The number of alkyl halides is 1. The zero-order chi connectivity index (χ0) is 11.4. The first-order valence-corrected chi connectivity index (χ1v) is 5.31. The van der Waals surface area contributed by atoms with E-state index in [4.69, 9.17) is 4.74 Å². The van der Waals surface area contributed by atoms with Crippen LogP contribution in [-0.4, -0.2) is 24.7 Å². The first-order chi connectivity index (χ1) is 7.71. The first-order valence-electron chi connectivity index (χ1n) is 5.31. The molecule has 1 aromatic carbocycles. The lowest BCUT2D eigenvalue weighted by atomic mass is 10.1. The van der Waals surface area contributed by atoms with Crippen LogP contribution in [0, 0.1) is 0 Å². The second-order valence-electron chi connectivity index (χ2n) is 3.95. The van der Waals surface area contributed by atoms with Crippen molar-refractivity contribution in [2.45, 2.75) is 18.7 Å². The van der Waals surface area contributed by atoms with Crippen LogP contribution < -0.4 is 5.32 Å². The van der Waals surface area contributed by atoms with E-state index in [9.17, 15) is 9.18 Å². The van der Waals surface area contributed by atoms with Crippen molar-refractivity contribution < 1.29 is 13.9 Å². The predicted molar refractivity (Wildman–Crippen MR) is 57.6 cm³/mol. The fourth-order valence-electron chi connectivity index (χ4n) is 1.69. The lowest BCUT2D eigenvalue weighted by Crippen LogP contribution is -2.37.